The fourth-order valence-electron chi connectivity index (χ4n) is 4.68. The number of hydrogen-bond donors (Lipinski definition) is 0. The van der Waals surface area contributed by atoms with Crippen molar-refractivity contribution in [1.29, 1.82) is 0 Å². The van der Waals surface area contributed by atoms with Gasteiger partial charge in [-0.3, -0.25) is 9.59 Å². The minimum atomic E-state index is -0.326. The fourth-order valence-corrected chi connectivity index (χ4v) is 4.86. The van der Waals surface area contributed by atoms with Crippen LogP contribution in [0.3, 0.4) is 0 Å². The molecule has 1 unspecified atom stereocenters. The van der Waals surface area contributed by atoms with Gasteiger partial charge in [-0.25, -0.2) is 0 Å². The van der Waals surface area contributed by atoms with Crippen molar-refractivity contribution in [2.24, 2.45) is 5.41 Å². The van der Waals surface area contributed by atoms with Gasteiger partial charge in [0.2, 0.25) is 0 Å². The van der Waals surface area contributed by atoms with Crippen molar-refractivity contribution in [3.05, 3.63) is 75.5 Å². The zero-order valence-corrected chi connectivity index (χ0v) is 19.2. The van der Waals surface area contributed by atoms with Crippen LogP contribution in [0.25, 0.3) is 0 Å². The highest BCUT2D eigenvalue weighted by molar-refractivity contribution is 6.30. The lowest BCUT2D eigenvalue weighted by Crippen LogP contribution is -2.33. The Labute approximate surface area is 189 Å². The van der Waals surface area contributed by atoms with Crippen LogP contribution in [-0.2, 0) is 11.2 Å². The van der Waals surface area contributed by atoms with E-state index in [1.807, 2.05) is 36.4 Å². The first kappa shape index (κ1) is 21.8. The summed E-state index contributed by atoms with van der Waals surface area (Å²) in [5.41, 5.74) is 3.26. The monoisotopic (exact) mass is 436 g/mol. The van der Waals surface area contributed by atoms with Gasteiger partial charge >= 0.3 is 0 Å². The van der Waals surface area contributed by atoms with E-state index in [-0.39, 0.29) is 29.3 Å². The van der Waals surface area contributed by atoms with Crippen LogP contribution < -0.4 is 4.74 Å². The molecule has 3 nitrogen and oxygen atoms in total. The van der Waals surface area contributed by atoms with Gasteiger partial charge in [0.25, 0.3) is 0 Å². The van der Waals surface area contributed by atoms with Gasteiger partial charge in [-0.05, 0) is 42.0 Å². The number of unbranched alkanes of at least 4 members (excludes halogenated alkanes) is 1. The van der Waals surface area contributed by atoms with Gasteiger partial charge in [-0.15, -0.1) is 0 Å². The number of carbonyl (C=O) groups excluding carboxylic acids is 2. The Morgan fingerprint density at radius 1 is 1.13 bits per heavy atom. The predicted octanol–water partition coefficient (Wildman–Crippen LogP) is 7.07. The van der Waals surface area contributed by atoms with Crippen molar-refractivity contribution in [2.45, 2.75) is 65.2 Å². The molecular weight excluding hydrogens is 408 g/mol. The lowest BCUT2D eigenvalue weighted by Gasteiger charge is -2.38. The van der Waals surface area contributed by atoms with Gasteiger partial charge < -0.3 is 4.74 Å². The predicted molar refractivity (Wildman–Crippen MR) is 124 cm³/mol. The zero-order chi connectivity index (χ0) is 22.2. The first-order valence-electron chi connectivity index (χ1n) is 11.1. The van der Waals surface area contributed by atoms with E-state index in [9.17, 15) is 9.59 Å². The quantitative estimate of drug-likeness (QED) is 0.454. The molecule has 0 amide bonds. The first-order valence-corrected chi connectivity index (χ1v) is 11.5. The summed E-state index contributed by atoms with van der Waals surface area (Å²) in [5, 5.41) is 0.577. The Hall–Kier alpha value is -2.39. The van der Waals surface area contributed by atoms with E-state index < -0.39 is 0 Å². The highest BCUT2D eigenvalue weighted by atomic mass is 35.5. The third-order valence-electron chi connectivity index (χ3n) is 6.29. The van der Waals surface area contributed by atoms with Gasteiger partial charge in [0.05, 0.1) is 0 Å². The van der Waals surface area contributed by atoms with Crippen molar-refractivity contribution in [1.82, 2.24) is 0 Å². The van der Waals surface area contributed by atoms with Crippen LogP contribution in [0.1, 0.15) is 80.3 Å². The molecule has 0 saturated carbocycles. The number of carbonyl (C=O) groups is 2. The number of aryl methyl sites for hydroxylation is 1. The number of hydrogen-bond acceptors (Lipinski definition) is 3. The standard InChI is InChI=1S/C27H29ClO3/c1-4-5-6-17-7-9-18(10-8-17)22(29)14-21-20-13-19(28)11-12-24(20)31-25-16-27(2,3)15-23(30)26(21)25/h7-13,21H,4-6,14-16H2,1-3H3. The normalized spacial score (nSPS) is 19.5. The van der Waals surface area contributed by atoms with E-state index in [0.29, 0.717) is 40.5 Å². The first-order chi connectivity index (χ1) is 14.8. The van der Waals surface area contributed by atoms with Crippen molar-refractivity contribution < 1.29 is 14.3 Å². The minimum Gasteiger partial charge on any atom is -0.461 e. The molecular formula is C27H29ClO3. The summed E-state index contributed by atoms with van der Waals surface area (Å²) < 4.78 is 6.16. The summed E-state index contributed by atoms with van der Waals surface area (Å²) in [6.45, 7) is 6.33. The summed E-state index contributed by atoms with van der Waals surface area (Å²) in [5.74, 6) is 1.19. The molecule has 2 aliphatic rings. The van der Waals surface area contributed by atoms with E-state index in [1.165, 1.54) is 5.56 Å². The molecule has 0 N–H and O–H groups in total. The molecule has 2 aromatic rings. The van der Waals surface area contributed by atoms with E-state index in [2.05, 4.69) is 20.8 Å². The molecule has 0 bridgehead atoms. The van der Waals surface area contributed by atoms with E-state index >= 15 is 0 Å². The van der Waals surface area contributed by atoms with E-state index in [1.54, 1.807) is 6.07 Å². The number of halogens is 1. The Morgan fingerprint density at radius 2 is 1.87 bits per heavy atom. The molecule has 0 spiro atoms. The van der Waals surface area contributed by atoms with Crippen molar-refractivity contribution in [3.8, 4) is 5.75 Å². The molecule has 2 aromatic carbocycles. The maximum absolute atomic E-state index is 13.2. The molecule has 1 aliphatic carbocycles. The smallest absolute Gasteiger partial charge is 0.163 e. The molecule has 1 atom stereocenters. The van der Waals surface area contributed by atoms with Crippen LogP contribution >= 0.6 is 11.6 Å². The Balaban J connectivity index is 1.66. The second-order valence-corrected chi connectivity index (χ2v) is 9.98. The number of rotatable bonds is 6. The lowest BCUT2D eigenvalue weighted by atomic mass is 9.70. The van der Waals surface area contributed by atoms with Crippen LogP contribution in [0.5, 0.6) is 5.75 Å². The number of ketones is 2. The molecule has 162 valence electrons. The van der Waals surface area contributed by atoms with E-state index in [4.69, 9.17) is 16.3 Å². The average Bonchev–Trinajstić information content (AvgIpc) is 2.71. The van der Waals surface area contributed by atoms with Crippen LogP contribution in [0, 0.1) is 5.41 Å². The largest absolute Gasteiger partial charge is 0.461 e. The second kappa shape index (κ2) is 8.63. The van der Waals surface area contributed by atoms with Gasteiger partial charge in [-0.2, -0.15) is 0 Å². The molecule has 1 aliphatic heterocycles. The molecule has 0 aromatic heterocycles. The third-order valence-corrected chi connectivity index (χ3v) is 6.53. The van der Waals surface area contributed by atoms with Crippen molar-refractivity contribution >= 4 is 23.2 Å². The molecule has 1 heterocycles. The van der Waals surface area contributed by atoms with Gasteiger partial charge in [0.15, 0.2) is 11.6 Å². The van der Waals surface area contributed by atoms with Crippen LogP contribution in [0.15, 0.2) is 53.8 Å². The Kier molecular flexibility index (Phi) is 6.07. The lowest BCUT2D eigenvalue weighted by molar-refractivity contribution is -0.118. The maximum atomic E-state index is 13.2. The van der Waals surface area contributed by atoms with Gasteiger partial charge in [0, 0.05) is 46.9 Å². The number of benzene rings is 2. The average molecular weight is 437 g/mol. The van der Waals surface area contributed by atoms with Crippen molar-refractivity contribution in [3.63, 3.8) is 0 Å². The van der Waals surface area contributed by atoms with E-state index in [0.717, 1.165) is 24.8 Å². The molecule has 0 fully saturated rings. The zero-order valence-electron chi connectivity index (χ0n) is 18.5. The summed E-state index contributed by atoms with van der Waals surface area (Å²) in [7, 11) is 0. The molecule has 31 heavy (non-hydrogen) atoms. The number of Topliss-reactive ketones (excluding diaryl/α,β-unsaturated/α-hetero) is 2. The molecule has 0 radical (unpaired) electrons. The topological polar surface area (TPSA) is 43.4 Å². The van der Waals surface area contributed by atoms with Gasteiger partial charge in [0.1, 0.15) is 11.5 Å². The SMILES string of the molecule is CCCCc1ccc(C(=O)CC2C3=C(CC(C)(C)CC3=O)Oc3ccc(Cl)cc32)cc1. The minimum absolute atomic E-state index is 0.0318. The highest BCUT2D eigenvalue weighted by Gasteiger charge is 2.42. The Bertz CT molecular complexity index is 1050. The number of ether oxygens (including phenoxy) is 1. The summed E-state index contributed by atoms with van der Waals surface area (Å²) in [4.78, 5) is 26.4. The number of allylic oxidation sites excluding steroid dienone is 2. The third kappa shape index (κ3) is 4.62. The summed E-state index contributed by atoms with van der Waals surface area (Å²) in [6.07, 6.45) is 4.69. The second-order valence-electron chi connectivity index (χ2n) is 9.54. The highest BCUT2D eigenvalue weighted by Crippen LogP contribution is 2.49. The maximum Gasteiger partial charge on any atom is 0.163 e. The molecule has 4 heteroatoms. The fraction of sp³-hybridized carbons (Fsp3) is 0.407. The van der Waals surface area contributed by atoms with Crippen LogP contribution in [0.4, 0.5) is 0 Å². The Morgan fingerprint density at radius 3 is 2.58 bits per heavy atom. The van der Waals surface area contributed by atoms with Crippen LogP contribution in [0.2, 0.25) is 5.02 Å². The number of fused-ring (bicyclic) bond motifs is 1. The van der Waals surface area contributed by atoms with Crippen LogP contribution in [-0.4, -0.2) is 11.6 Å². The summed E-state index contributed by atoms with van der Waals surface area (Å²) >= 11 is 6.27. The van der Waals surface area contributed by atoms with Crippen molar-refractivity contribution in [2.75, 3.05) is 0 Å². The molecule has 4 rings (SSSR count). The molecule has 0 saturated heterocycles. The van der Waals surface area contributed by atoms with Gasteiger partial charge in [-0.1, -0.05) is 63.1 Å². The summed E-state index contributed by atoms with van der Waals surface area (Å²) in [6, 6.07) is 13.4.